The summed E-state index contributed by atoms with van der Waals surface area (Å²) in [6.07, 6.45) is 2.75. The van der Waals surface area contributed by atoms with Crippen LogP contribution in [0.1, 0.15) is 22.3 Å². The van der Waals surface area contributed by atoms with Gasteiger partial charge in [0.15, 0.2) is 0 Å². The number of nitrogens with one attached hydrogen (secondary N) is 1. The Morgan fingerprint density at radius 3 is 2.61 bits per heavy atom. The minimum atomic E-state index is -0.0739. The number of para-hydroxylation sites is 1. The molecule has 0 saturated heterocycles. The van der Waals surface area contributed by atoms with Crippen LogP contribution in [0.3, 0.4) is 0 Å². The third-order valence-corrected chi connectivity index (χ3v) is 5.76. The first kappa shape index (κ1) is 20.7. The Morgan fingerprint density at radius 1 is 1.16 bits per heavy atom. The van der Waals surface area contributed by atoms with Gasteiger partial charge in [-0.25, -0.2) is 9.78 Å². The molecule has 1 aromatic heterocycles. The molecule has 2 amide bonds. The van der Waals surface area contributed by atoms with Crippen LogP contribution in [0.4, 0.5) is 16.3 Å². The summed E-state index contributed by atoms with van der Waals surface area (Å²) in [5.74, 6) is 1.84. The molecule has 0 fully saturated rings. The minimum absolute atomic E-state index is 0.0739. The Hall–Kier alpha value is -3.54. The first-order chi connectivity index (χ1) is 15.0. The Bertz CT molecular complexity index is 1050. The van der Waals surface area contributed by atoms with Crippen LogP contribution in [-0.4, -0.2) is 36.6 Å². The lowest BCUT2D eigenvalue weighted by Gasteiger charge is -2.31. The summed E-state index contributed by atoms with van der Waals surface area (Å²) >= 11 is 0. The highest BCUT2D eigenvalue weighted by Gasteiger charge is 2.24. The lowest BCUT2D eigenvalue weighted by Crippen LogP contribution is -2.39. The third-order valence-electron chi connectivity index (χ3n) is 5.76. The maximum absolute atomic E-state index is 12.7. The summed E-state index contributed by atoms with van der Waals surface area (Å²) in [4.78, 5) is 21.4. The van der Waals surface area contributed by atoms with Gasteiger partial charge in [0.2, 0.25) is 0 Å². The van der Waals surface area contributed by atoms with Gasteiger partial charge in [0.05, 0.1) is 7.11 Å². The Balaban J connectivity index is 1.45. The highest BCUT2D eigenvalue weighted by molar-refractivity contribution is 5.89. The molecular weight excluding hydrogens is 388 g/mol. The summed E-state index contributed by atoms with van der Waals surface area (Å²) in [5, 5.41) is 2.97. The lowest BCUT2D eigenvalue weighted by molar-refractivity contribution is 0.206. The van der Waals surface area contributed by atoms with Gasteiger partial charge in [-0.1, -0.05) is 30.3 Å². The minimum Gasteiger partial charge on any atom is -0.497 e. The molecule has 0 bridgehead atoms. The number of nitrogens with zero attached hydrogens (tertiary/aromatic N) is 3. The molecule has 160 valence electrons. The van der Waals surface area contributed by atoms with Crippen LogP contribution >= 0.6 is 0 Å². The van der Waals surface area contributed by atoms with Gasteiger partial charge in [-0.05, 0) is 59.9 Å². The number of fused-ring (bicyclic) bond motifs is 1. The van der Waals surface area contributed by atoms with Crippen LogP contribution in [-0.2, 0) is 19.5 Å². The van der Waals surface area contributed by atoms with Crippen LogP contribution in [0.25, 0.3) is 0 Å². The monoisotopic (exact) mass is 416 g/mol. The zero-order chi connectivity index (χ0) is 21.8. The lowest BCUT2D eigenvalue weighted by atomic mass is 9.97. The fraction of sp³-hybridized carbons (Fsp3) is 0.280. The Labute approximate surface area is 183 Å². The molecule has 4 rings (SSSR count). The van der Waals surface area contributed by atoms with Gasteiger partial charge >= 0.3 is 6.03 Å². The van der Waals surface area contributed by atoms with Crippen molar-refractivity contribution in [1.82, 2.24) is 9.88 Å². The van der Waals surface area contributed by atoms with Gasteiger partial charge in [-0.2, -0.15) is 0 Å². The average Bonchev–Trinajstić information content (AvgIpc) is 2.80. The number of carbonyl (C=O) groups is 1. The average molecular weight is 417 g/mol. The second-order valence-electron chi connectivity index (χ2n) is 7.88. The normalized spacial score (nSPS) is 12.8. The van der Waals surface area contributed by atoms with Gasteiger partial charge < -0.3 is 19.9 Å². The van der Waals surface area contributed by atoms with Crippen molar-refractivity contribution in [1.29, 1.82) is 0 Å². The van der Waals surface area contributed by atoms with E-state index < -0.39 is 0 Å². The molecule has 0 saturated carbocycles. The zero-order valence-electron chi connectivity index (χ0n) is 18.3. The second kappa shape index (κ2) is 9.08. The maximum Gasteiger partial charge on any atom is 0.322 e. The number of methoxy groups -OCH3 is 1. The van der Waals surface area contributed by atoms with E-state index in [0.29, 0.717) is 13.1 Å². The summed E-state index contributed by atoms with van der Waals surface area (Å²) in [6, 6.07) is 17.6. The van der Waals surface area contributed by atoms with Gasteiger partial charge in [0.1, 0.15) is 11.6 Å². The molecule has 0 unspecified atom stereocenters. The van der Waals surface area contributed by atoms with Crippen LogP contribution < -0.4 is 15.0 Å². The summed E-state index contributed by atoms with van der Waals surface area (Å²) in [7, 11) is 3.74. The molecule has 31 heavy (non-hydrogen) atoms. The van der Waals surface area contributed by atoms with E-state index in [1.165, 1.54) is 16.7 Å². The van der Waals surface area contributed by atoms with E-state index >= 15 is 0 Å². The van der Waals surface area contributed by atoms with Crippen molar-refractivity contribution in [3.05, 3.63) is 83.0 Å². The van der Waals surface area contributed by atoms with Crippen molar-refractivity contribution in [2.75, 3.05) is 30.9 Å². The second-order valence-corrected chi connectivity index (χ2v) is 7.88. The summed E-state index contributed by atoms with van der Waals surface area (Å²) < 4.78 is 5.24. The van der Waals surface area contributed by atoms with E-state index in [1.807, 2.05) is 53.6 Å². The number of ether oxygens (including phenoxy) is 1. The molecule has 1 N–H and O–H groups in total. The number of hydrogen-bond donors (Lipinski definition) is 1. The standard InChI is InChI=1S/C25H28N4O2/c1-18-23-13-14-29(25(30)27-21-7-5-4-6-8-21)17-20(23)15-26-24(18)28(2)16-19-9-11-22(31-3)12-10-19/h4-12,15H,13-14,16-17H2,1-3H3,(H,27,30). The van der Waals surface area contributed by atoms with Crippen LogP contribution in [0.5, 0.6) is 5.75 Å². The maximum atomic E-state index is 12.7. The number of amides is 2. The first-order valence-electron chi connectivity index (χ1n) is 10.5. The summed E-state index contributed by atoms with van der Waals surface area (Å²) in [5.41, 5.74) is 5.62. The molecule has 2 heterocycles. The largest absolute Gasteiger partial charge is 0.497 e. The van der Waals surface area contributed by atoms with E-state index in [2.05, 4.69) is 36.3 Å². The molecule has 0 aliphatic carbocycles. The van der Waals surface area contributed by atoms with E-state index in [0.717, 1.165) is 35.8 Å². The van der Waals surface area contributed by atoms with E-state index in [9.17, 15) is 4.79 Å². The van der Waals surface area contributed by atoms with Gasteiger partial charge in [-0.3, -0.25) is 0 Å². The number of pyridine rings is 1. The predicted octanol–water partition coefficient (Wildman–Crippen LogP) is 4.63. The van der Waals surface area contributed by atoms with Gasteiger partial charge in [0, 0.05) is 38.6 Å². The molecule has 2 aromatic carbocycles. The number of anilines is 2. The number of benzene rings is 2. The van der Waals surface area contributed by atoms with Crippen molar-refractivity contribution in [2.45, 2.75) is 26.4 Å². The van der Waals surface area contributed by atoms with E-state index in [-0.39, 0.29) is 6.03 Å². The number of rotatable bonds is 5. The van der Waals surface area contributed by atoms with Crippen molar-refractivity contribution in [2.24, 2.45) is 0 Å². The van der Waals surface area contributed by atoms with Gasteiger partial charge in [0.25, 0.3) is 0 Å². The molecular formula is C25H28N4O2. The topological polar surface area (TPSA) is 57.7 Å². The SMILES string of the molecule is COc1ccc(CN(C)c2ncc3c(c2C)CCN(C(=O)Nc2ccccc2)C3)cc1. The molecule has 1 aliphatic rings. The van der Waals surface area contributed by atoms with Gasteiger partial charge in [-0.15, -0.1) is 0 Å². The fourth-order valence-corrected chi connectivity index (χ4v) is 4.07. The predicted molar refractivity (Wildman–Crippen MR) is 124 cm³/mol. The molecule has 0 spiro atoms. The third kappa shape index (κ3) is 4.63. The number of hydrogen-bond acceptors (Lipinski definition) is 4. The highest BCUT2D eigenvalue weighted by Crippen LogP contribution is 2.28. The van der Waals surface area contributed by atoms with Crippen LogP contribution in [0.15, 0.2) is 60.8 Å². The Kier molecular flexibility index (Phi) is 6.07. The quantitative estimate of drug-likeness (QED) is 0.659. The first-order valence-corrected chi connectivity index (χ1v) is 10.5. The fourth-order valence-electron chi connectivity index (χ4n) is 4.07. The smallest absolute Gasteiger partial charge is 0.322 e. The number of urea groups is 1. The van der Waals surface area contributed by atoms with Crippen molar-refractivity contribution in [3.8, 4) is 5.75 Å². The molecule has 6 heteroatoms. The molecule has 0 radical (unpaired) electrons. The zero-order valence-corrected chi connectivity index (χ0v) is 18.3. The number of aromatic nitrogens is 1. The highest BCUT2D eigenvalue weighted by atomic mass is 16.5. The summed E-state index contributed by atoms with van der Waals surface area (Å²) in [6.45, 7) is 4.16. The van der Waals surface area contributed by atoms with Crippen molar-refractivity contribution in [3.63, 3.8) is 0 Å². The van der Waals surface area contributed by atoms with Crippen LogP contribution in [0, 0.1) is 6.92 Å². The Morgan fingerprint density at radius 2 is 1.90 bits per heavy atom. The van der Waals surface area contributed by atoms with E-state index in [4.69, 9.17) is 9.72 Å². The van der Waals surface area contributed by atoms with Crippen molar-refractivity contribution < 1.29 is 9.53 Å². The van der Waals surface area contributed by atoms with E-state index in [1.54, 1.807) is 7.11 Å². The van der Waals surface area contributed by atoms with Crippen molar-refractivity contribution >= 4 is 17.5 Å². The number of carbonyl (C=O) groups excluding carboxylic acids is 1. The van der Waals surface area contributed by atoms with Crippen LogP contribution in [0.2, 0.25) is 0 Å². The molecule has 1 aliphatic heterocycles. The molecule has 3 aromatic rings. The molecule has 0 atom stereocenters. The molecule has 6 nitrogen and oxygen atoms in total.